The molecular formula is C21H30O5. The van der Waals surface area contributed by atoms with Gasteiger partial charge in [-0.05, 0) is 55.9 Å². The van der Waals surface area contributed by atoms with Crippen LogP contribution in [0.15, 0.2) is 48.1 Å². The molecule has 0 fully saturated rings. The first-order chi connectivity index (χ1) is 12.5. The highest BCUT2D eigenvalue weighted by Gasteiger charge is 2.15. The van der Waals surface area contributed by atoms with E-state index in [2.05, 4.69) is 0 Å². The Balaban J connectivity index is 2.45. The lowest BCUT2D eigenvalue weighted by molar-refractivity contribution is -0.137. The van der Waals surface area contributed by atoms with E-state index in [1.807, 2.05) is 38.1 Å². The summed E-state index contributed by atoms with van der Waals surface area (Å²) in [7, 11) is 0. The van der Waals surface area contributed by atoms with Crippen molar-refractivity contribution in [1.82, 2.24) is 0 Å². The van der Waals surface area contributed by atoms with Crippen LogP contribution in [0.1, 0.15) is 45.3 Å². The standard InChI is InChI=1S/C21H30O5/c1-4-25-20(23)15-16(2)7-5-6-8-17(3)21(24)18-9-11-19(12-10-18)26-14-13-22/h5,7,9-12,15,17,21-22,24H,4,6,8,13-14H2,1-3H3/b7-5+,16-15+/t17-,21+/m1/s1. The molecule has 0 aliphatic rings. The minimum atomic E-state index is -0.550. The zero-order chi connectivity index (χ0) is 19.4. The fourth-order valence-corrected chi connectivity index (χ4v) is 2.46. The van der Waals surface area contributed by atoms with Crippen molar-refractivity contribution < 1.29 is 24.5 Å². The predicted octanol–water partition coefficient (Wildman–Crippen LogP) is 3.57. The Morgan fingerprint density at radius 3 is 2.58 bits per heavy atom. The van der Waals surface area contributed by atoms with Crippen LogP contribution in [0, 0.1) is 5.92 Å². The number of benzene rings is 1. The summed E-state index contributed by atoms with van der Waals surface area (Å²) in [5.41, 5.74) is 1.69. The van der Waals surface area contributed by atoms with Crippen molar-refractivity contribution in [1.29, 1.82) is 0 Å². The van der Waals surface area contributed by atoms with Crippen LogP contribution in [0.4, 0.5) is 0 Å². The fourth-order valence-electron chi connectivity index (χ4n) is 2.46. The summed E-state index contributed by atoms with van der Waals surface area (Å²) in [5.74, 6) is 0.442. The first-order valence-corrected chi connectivity index (χ1v) is 9.01. The van der Waals surface area contributed by atoms with E-state index < -0.39 is 6.10 Å². The number of ether oxygens (including phenoxy) is 2. The molecule has 1 aromatic rings. The Morgan fingerprint density at radius 2 is 1.96 bits per heavy atom. The molecule has 0 aromatic heterocycles. The summed E-state index contributed by atoms with van der Waals surface area (Å²) in [6.45, 7) is 6.25. The summed E-state index contributed by atoms with van der Waals surface area (Å²) in [5, 5.41) is 19.2. The number of hydrogen-bond donors (Lipinski definition) is 2. The van der Waals surface area contributed by atoms with Crippen LogP contribution in [0.2, 0.25) is 0 Å². The number of aliphatic hydroxyl groups is 2. The summed E-state index contributed by atoms with van der Waals surface area (Å²) in [6.07, 6.45) is 6.45. The van der Waals surface area contributed by atoms with Gasteiger partial charge in [-0.15, -0.1) is 0 Å². The maximum Gasteiger partial charge on any atom is 0.330 e. The molecule has 0 radical (unpaired) electrons. The van der Waals surface area contributed by atoms with Crippen molar-refractivity contribution in [2.75, 3.05) is 19.8 Å². The Hall–Kier alpha value is -2.11. The number of carbonyl (C=O) groups excluding carboxylic acids is 1. The van der Waals surface area contributed by atoms with Gasteiger partial charge >= 0.3 is 5.97 Å². The first-order valence-electron chi connectivity index (χ1n) is 9.01. The van der Waals surface area contributed by atoms with E-state index >= 15 is 0 Å². The molecule has 0 bridgehead atoms. The largest absolute Gasteiger partial charge is 0.491 e. The quantitative estimate of drug-likeness (QED) is 0.357. The van der Waals surface area contributed by atoms with Crippen LogP contribution in [0.3, 0.4) is 0 Å². The van der Waals surface area contributed by atoms with Crippen LogP contribution >= 0.6 is 0 Å². The molecule has 5 heteroatoms. The predicted molar refractivity (Wildman–Crippen MR) is 102 cm³/mol. The second-order valence-corrected chi connectivity index (χ2v) is 6.18. The molecule has 144 valence electrons. The molecule has 5 nitrogen and oxygen atoms in total. The molecular weight excluding hydrogens is 332 g/mol. The maximum atomic E-state index is 11.3. The lowest BCUT2D eigenvalue weighted by Gasteiger charge is -2.19. The van der Waals surface area contributed by atoms with Crippen molar-refractivity contribution >= 4 is 5.97 Å². The van der Waals surface area contributed by atoms with Gasteiger partial charge in [0.05, 0.1) is 19.3 Å². The number of hydrogen-bond acceptors (Lipinski definition) is 5. The third kappa shape index (κ3) is 8.32. The van der Waals surface area contributed by atoms with Gasteiger partial charge in [-0.3, -0.25) is 0 Å². The van der Waals surface area contributed by atoms with E-state index in [-0.39, 0.29) is 25.1 Å². The smallest absolute Gasteiger partial charge is 0.330 e. The van der Waals surface area contributed by atoms with E-state index in [0.29, 0.717) is 12.4 Å². The molecule has 0 aliphatic heterocycles. The Morgan fingerprint density at radius 1 is 1.27 bits per heavy atom. The van der Waals surface area contributed by atoms with Crippen LogP contribution < -0.4 is 4.74 Å². The van der Waals surface area contributed by atoms with Crippen LogP contribution in [0.25, 0.3) is 0 Å². The Kier molecular flexibility index (Phi) is 10.4. The van der Waals surface area contributed by atoms with Gasteiger partial charge < -0.3 is 19.7 Å². The molecule has 2 atom stereocenters. The third-order valence-corrected chi connectivity index (χ3v) is 3.92. The van der Waals surface area contributed by atoms with Crippen molar-refractivity contribution in [2.24, 2.45) is 5.92 Å². The van der Waals surface area contributed by atoms with Crippen molar-refractivity contribution in [3.8, 4) is 5.75 Å². The van der Waals surface area contributed by atoms with Crippen LogP contribution in [-0.4, -0.2) is 36.0 Å². The molecule has 0 saturated heterocycles. The molecule has 26 heavy (non-hydrogen) atoms. The summed E-state index contributed by atoms with van der Waals surface area (Å²) < 4.78 is 10.2. The third-order valence-electron chi connectivity index (χ3n) is 3.92. The van der Waals surface area contributed by atoms with Gasteiger partial charge in [-0.1, -0.05) is 31.2 Å². The normalized spacial score (nSPS) is 14.3. The Bertz CT molecular complexity index is 589. The minimum absolute atomic E-state index is 0.0244. The van der Waals surface area contributed by atoms with Crippen LogP contribution in [0.5, 0.6) is 5.75 Å². The molecule has 2 N–H and O–H groups in total. The molecule has 0 amide bonds. The van der Waals surface area contributed by atoms with Gasteiger partial charge in [-0.2, -0.15) is 0 Å². The molecule has 0 spiro atoms. The van der Waals surface area contributed by atoms with E-state index in [1.165, 1.54) is 6.08 Å². The van der Waals surface area contributed by atoms with Gasteiger partial charge in [0, 0.05) is 6.08 Å². The van der Waals surface area contributed by atoms with Crippen LogP contribution in [-0.2, 0) is 9.53 Å². The zero-order valence-electron chi connectivity index (χ0n) is 15.9. The lowest BCUT2D eigenvalue weighted by atomic mass is 9.93. The fraction of sp³-hybridized carbons (Fsp3) is 0.476. The van der Waals surface area contributed by atoms with E-state index in [0.717, 1.165) is 24.0 Å². The average Bonchev–Trinajstić information content (AvgIpc) is 2.63. The second kappa shape index (κ2) is 12.3. The van der Waals surface area contributed by atoms with E-state index in [1.54, 1.807) is 19.1 Å². The topological polar surface area (TPSA) is 76.0 Å². The number of allylic oxidation sites excluding steroid dienone is 3. The number of esters is 1. The highest BCUT2D eigenvalue weighted by atomic mass is 16.5. The van der Waals surface area contributed by atoms with E-state index in [4.69, 9.17) is 14.6 Å². The molecule has 0 saturated carbocycles. The maximum absolute atomic E-state index is 11.3. The van der Waals surface area contributed by atoms with Gasteiger partial charge in [-0.25, -0.2) is 4.79 Å². The summed E-state index contributed by atoms with van der Waals surface area (Å²) in [6, 6.07) is 7.28. The van der Waals surface area contributed by atoms with Crippen molar-refractivity contribution in [3.63, 3.8) is 0 Å². The first kappa shape index (κ1) is 21.9. The van der Waals surface area contributed by atoms with Crippen molar-refractivity contribution in [3.05, 3.63) is 53.6 Å². The molecule has 1 aromatic carbocycles. The summed E-state index contributed by atoms with van der Waals surface area (Å²) in [4.78, 5) is 11.3. The monoisotopic (exact) mass is 362 g/mol. The highest BCUT2D eigenvalue weighted by molar-refractivity contribution is 5.83. The minimum Gasteiger partial charge on any atom is -0.491 e. The molecule has 0 heterocycles. The van der Waals surface area contributed by atoms with Gasteiger partial charge in [0.15, 0.2) is 0 Å². The molecule has 0 unspecified atom stereocenters. The number of carbonyl (C=O) groups is 1. The average molecular weight is 362 g/mol. The zero-order valence-corrected chi connectivity index (χ0v) is 15.9. The molecule has 1 rings (SSSR count). The Labute approximate surface area is 156 Å². The molecule has 0 aliphatic carbocycles. The van der Waals surface area contributed by atoms with Crippen molar-refractivity contribution in [2.45, 2.75) is 39.7 Å². The highest BCUT2D eigenvalue weighted by Crippen LogP contribution is 2.27. The second-order valence-electron chi connectivity index (χ2n) is 6.18. The SMILES string of the molecule is CCOC(=O)/C=C(C)/C=C/CC[C@@H](C)[C@H](O)c1ccc(OCCO)cc1. The number of aliphatic hydroxyl groups excluding tert-OH is 2. The van der Waals surface area contributed by atoms with Gasteiger partial charge in [0.2, 0.25) is 0 Å². The number of rotatable bonds is 11. The van der Waals surface area contributed by atoms with E-state index in [9.17, 15) is 9.90 Å². The summed E-state index contributed by atoms with van der Waals surface area (Å²) >= 11 is 0. The van der Waals surface area contributed by atoms with Gasteiger partial charge in [0.1, 0.15) is 12.4 Å². The van der Waals surface area contributed by atoms with Gasteiger partial charge in [0.25, 0.3) is 0 Å². The lowest BCUT2D eigenvalue weighted by Crippen LogP contribution is -2.09.